The minimum atomic E-state index is -3.77. The highest BCUT2D eigenvalue weighted by Crippen LogP contribution is 2.28. The van der Waals surface area contributed by atoms with E-state index in [1.807, 2.05) is 0 Å². The summed E-state index contributed by atoms with van der Waals surface area (Å²) in [6.45, 7) is 1.67. The fourth-order valence-electron chi connectivity index (χ4n) is 3.01. The highest BCUT2D eigenvalue weighted by molar-refractivity contribution is 7.99. The minimum Gasteiger partial charge on any atom is -0.340 e. The molecule has 2 aliphatic rings. The van der Waals surface area contributed by atoms with Gasteiger partial charge in [0.15, 0.2) is 0 Å². The number of amides is 1. The summed E-state index contributed by atoms with van der Waals surface area (Å²) in [5, 5.41) is 0. The maximum Gasteiger partial charge on any atom is 0.243 e. The molecule has 0 N–H and O–H groups in total. The van der Waals surface area contributed by atoms with Crippen molar-refractivity contribution in [2.24, 2.45) is 0 Å². The van der Waals surface area contributed by atoms with Crippen molar-refractivity contribution < 1.29 is 17.6 Å². The van der Waals surface area contributed by atoms with Crippen LogP contribution >= 0.6 is 11.8 Å². The summed E-state index contributed by atoms with van der Waals surface area (Å²) in [5.41, 5.74) is 0. The molecule has 126 valence electrons. The average molecular weight is 358 g/mol. The smallest absolute Gasteiger partial charge is 0.243 e. The van der Waals surface area contributed by atoms with Crippen molar-refractivity contribution >= 4 is 27.7 Å². The Hall–Kier alpha value is -1.12. The first-order chi connectivity index (χ1) is 11.0. The van der Waals surface area contributed by atoms with Crippen molar-refractivity contribution in [2.45, 2.75) is 23.8 Å². The molecule has 2 heterocycles. The first-order valence-electron chi connectivity index (χ1n) is 7.64. The lowest BCUT2D eigenvalue weighted by Crippen LogP contribution is -2.49. The van der Waals surface area contributed by atoms with Gasteiger partial charge in [0.05, 0.1) is 4.90 Å². The molecule has 0 saturated carbocycles. The summed E-state index contributed by atoms with van der Waals surface area (Å²) in [4.78, 5) is 14.5. The van der Waals surface area contributed by atoms with Crippen LogP contribution in [0.25, 0.3) is 0 Å². The topological polar surface area (TPSA) is 57.7 Å². The third-order valence-electron chi connectivity index (χ3n) is 4.23. The molecule has 1 aromatic carbocycles. The molecule has 0 aromatic heterocycles. The third kappa shape index (κ3) is 3.39. The van der Waals surface area contributed by atoms with E-state index in [1.54, 1.807) is 16.7 Å². The van der Waals surface area contributed by atoms with E-state index >= 15 is 0 Å². The first-order valence-corrected chi connectivity index (χ1v) is 10.2. The van der Waals surface area contributed by atoms with Crippen LogP contribution in [0.3, 0.4) is 0 Å². The number of halogens is 1. The van der Waals surface area contributed by atoms with Gasteiger partial charge >= 0.3 is 0 Å². The van der Waals surface area contributed by atoms with Crippen LogP contribution < -0.4 is 0 Å². The second kappa shape index (κ2) is 6.78. The molecule has 1 amide bonds. The molecular weight excluding hydrogens is 339 g/mol. The van der Waals surface area contributed by atoms with Gasteiger partial charge in [-0.2, -0.15) is 16.1 Å². The van der Waals surface area contributed by atoms with Crippen molar-refractivity contribution in [1.82, 2.24) is 9.21 Å². The number of sulfonamides is 1. The molecule has 23 heavy (non-hydrogen) atoms. The molecule has 1 unspecified atom stereocenters. The van der Waals surface area contributed by atoms with Crippen LogP contribution in [0.4, 0.5) is 4.39 Å². The zero-order valence-electron chi connectivity index (χ0n) is 12.7. The minimum absolute atomic E-state index is 0.0350. The largest absolute Gasteiger partial charge is 0.340 e. The summed E-state index contributed by atoms with van der Waals surface area (Å²) in [5.74, 6) is 1.20. The van der Waals surface area contributed by atoms with Gasteiger partial charge in [0.1, 0.15) is 11.9 Å². The van der Waals surface area contributed by atoms with E-state index < -0.39 is 21.9 Å². The molecule has 2 aliphatic heterocycles. The van der Waals surface area contributed by atoms with E-state index in [0.717, 1.165) is 23.6 Å². The number of rotatable bonds is 3. The molecular formula is C15H19FN2O3S2. The quantitative estimate of drug-likeness (QED) is 0.823. The number of hydrogen-bond acceptors (Lipinski definition) is 4. The van der Waals surface area contributed by atoms with Gasteiger partial charge < -0.3 is 4.90 Å². The highest BCUT2D eigenvalue weighted by atomic mass is 32.2. The SMILES string of the molecule is O=C(C1CCCN1S(=O)(=O)c1ccc(F)cc1)N1CCSCC1. The molecule has 8 heteroatoms. The highest BCUT2D eigenvalue weighted by Gasteiger charge is 2.41. The van der Waals surface area contributed by atoms with Gasteiger partial charge in [-0.3, -0.25) is 4.79 Å². The van der Waals surface area contributed by atoms with Gasteiger partial charge in [-0.05, 0) is 37.1 Å². The van der Waals surface area contributed by atoms with Crippen molar-refractivity contribution in [3.05, 3.63) is 30.1 Å². The van der Waals surface area contributed by atoms with E-state index in [1.165, 1.54) is 16.4 Å². The van der Waals surface area contributed by atoms with Gasteiger partial charge in [0.2, 0.25) is 15.9 Å². The average Bonchev–Trinajstić information content (AvgIpc) is 3.06. The molecule has 3 rings (SSSR count). The Morgan fingerprint density at radius 3 is 2.43 bits per heavy atom. The van der Waals surface area contributed by atoms with E-state index in [2.05, 4.69) is 0 Å². The van der Waals surface area contributed by atoms with Crippen LogP contribution in [0.15, 0.2) is 29.2 Å². The zero-order chi connectivity index (χ0) is 16.4. The van der Waals surface area contributed by atoms with Crippen LogP contribution in [-0.4, -0.2) is 60.7 Å². The summed E-state index contributed by atoms with van der Waals surface area (Å²) >= 11 is 1.80. The number of carbonyl (C=O) groups is 1. The maximum absolute atomic E-state index is 13.0. The Morgan fingerprint density at radius 2 is 1.78 bits per heavy atom. The molecule has 1 atom stereocenters. The predicted octanol–water partition coefficient (Wildman–Crippen LogP) is 1.55. The number of benzene rings is 1. The molecule has 2 saturated heterocycles. The van der Waals surface area contributed by atoms with E-state index in [-0.39, 0.29) is 10.8 Å². The summed E-state index contributed by atoms with van der Waals surface area (Å²) in [6.07, 6.45) is 1.21. The van der Waals surface area contributed by atoms with Crippen LogP contribution in [0.1, 0.15) is 12.8 Å². The van der Waals surface area contributed by atoms with Crippen molar-refractivity contribution in [3.8, 4) is 0 Å². The Balaban J connectivity index is 1.82. The molecule has 2 fully saturated rings. The second-order valence-electron chi connectivity index (χ2n) is 5.67. The lowest BCUT2D eigenvalue weighted by atomic mass is 10.2. The van der Waals surface area contributed by atoms with Gasteiger partial charge in [-0.1, -0.05) is 0 Å². The lowest BCUT2D eigenvalue weighted by molar-refractivity contribution is -0.134. The monoisotopic (exact) mass is 358 g/mol. The Bertz CT molecular complexity index is 672. The fraction of sp³-hybridized carbons (Fsp3) is 0.533. The van der Waals surface area contributed by atoms with E-state index in [4.69, 9.17) is 0 Å². The normalized spacial score (nSPS) is 23.2. The predicted molar refractivity (Wildman–Crippen MR) is 87.2 cm³/mol. The lowest BCUT2D eigenvalue weighted by Gasteiger charge is -2.32. The molecule has 0 aliphatic carbocycles. The summed E-state index contributed by atoms with van der Waals surface area (Å²) in [6, 6.07) is 4.13. The molecule has 0 radical (unpaired) electrons. The number of nitrogens with zero attached hydrogens (tertiary/aromatic N) is 2. The zero-order valence-corrected chi connectivity index (χ0v) is 14.3. The fourth-order valence-corrected chi connectivity index (χ4v) is 5.57. The van der Waals surface area contributed by atoms with Crippen LogP contribution in [0, 0.1) is 5.82 Å². The Labute approximate surface area is 139 Å². The Kier molecular flexibility index (Phi) is 4.93. The third-order valence-corrected chi connectivity index (χ3v) is 7.10. The first kappa shape index (κ1) is 16.7. The maximum atomic E-state index is 13.0. The van der Waals surface area contributed by atoms with E-state index in [9.17, 15) is 17.6 Å². The number of hydrogen-bond donors (Lipinski definition) is 0. The number of carbonyl (C=O) groups excluding carboxylic acids is 1. The van der Waals surface area contributed by atoms with Crippen LogP contribution in [0.5, 0.6) is 0 Å². The van der Waals surface area contributed by atoms with Crippen molar-refractivity contribution in [3.63, 3.8) is 0 Å². The molecule has 1 aromatic rings. The molecule has 0 spiro atoms. The van der Waals surface area contributed by atoms with Gasteiger partial charge in [-0.15, -0.1) is 0 Å². The van der Waals surface area contributed by atoms with E-state index in [0.29, 0.717) is 32.5 Å². The Morgan fingerprint density at radius 1 is 1.13 bits per heavy atom. The summed E-state index contributed by atoms with van der Waals surface area (Å²) in [7, 11) is -3.77. The van der Waals surface area contributed by atoms with Crippen molar-refractivity contribution in [1.29, 1.82) is 0 Å². The van der Waals surface area contributed by atoms with Gasteiger partial charge in [0.25, 0.3) is 0 Å². The summed E-state index contributed by atoms with van der Waals surface area (Å²) < 4.78 is 39.9. The number of thioether (sulfide) groups is 1. The molecule has 0 bridgehead atoms. The van der Waals surface area contributed by atoms with Gasteiger partial charge in [-0.25, -0.2) is 12.8 Å². The van der Waals surface area contributed by atoms with Crippen LogP contribution in [-0.2, 0) is 14.8 Å². The van der Waals surface area contributed by atoms with Crippen molar-refractivity contribution in [2.75, 3.05) is 31.1 Å². The van der Waals surface area contributed by atoms with Crippen LogP contribution in [0.2, 0.25) is 0 Å². The second-order valence-corrected chi connectivity index (χ2v) is 8.78. The van der Waals surface area contributed by atoms with Gasteiger partial charge in [0, 0.05) is 31.1 Å². The standard InChI is InChI=1S/C15H19FN2O3S2/c16-12-3-5-13(6-4-12)23(20,21)18-7-1-2-14(18)15(19)17-8-10-22-11-9-17/h3-6,14H,1-2,7-11H2. The molecule has 5 nitrogen and oxygen atoms in total.